The van der Waals surface area contributed by atoms with Gasteiger partial charge < -0.3 is 20.1 Å². The quantitative estimate of drug-likeness (QED) is 0.476. The fourth-order valence-electron chi connectivity index (χ4n) is 2.87. The van der Waals surface area contributed by atoms with Crippen LogP contribution in [0.15, 0.2) is 41.8 Å². The number of nitrogens with one attached hydrogen (secondary N) is 2. The smallest absolute Gasteiger partial charge is 0.341 e. The lowest BCUT2D eigenvalue weighted by molar-refractivity contribution is -0.115. The summed E-state index contributed by atoms with van der Waals surface area (Å²) in [5.74, 6) is -0.551. The molecule has 0 aliphatic rings. The minimum atomic E-state index is -0.578. The Kier molecular flexibility index (Phi) is 7.43. The van der Waals surface area contributed by atoms with Crippen molar-refractivity contribution in [3.8, 4) is 5.75 Å². The summed E-state index contributed by atoms with van der Waals surface area (Å²) in [4.78, 5) is 39.1. The first kappa shape index (κ1) is 22.5. The molecule has 7 nitrogen and oxygen atoms in total. The SMILES string of the molecule is CCOC(=O)c1c(NC(=O)Cc2cccs2)sc(C(=O)Nc2ccc(OC)cc2)c1C. The molecule has 2 aromatic heterocycles. The standard InChI is InChI=1S/C22H22N2O5S2/c1-4-29-22(27)18-13(2)19(20(26)23-14-7-9-15(28-3)10-8-14)31-21(18)24-17(25)12-16-6-5-11-30-16/h5-11H,4,12H2,1-3H3,(H,23,26)(H,24,25). The van der Waals surface area contributed by atoms with E-state index in [-0.39, 0.29) is 30.4 Å². The predicted molar refractivity (Wildman–Crippen MR) is 123 cm³/mol. The van der Waals surface area contributed by atoms with Gasteiger partial charge in [0.2, 0.25) is 5.91 Å². The van der Waals surface area contributed by atoms with Crippen LogP contribution in [0.4, 0.5) is 10.7 Å². The molecule has 0 unspecified atom stereocenters. The van der Waals surface area contributed by atoms with Gasteiger partial charge in [0.1, 0.15) is 10.8 Å². The van der Waals surface area contributed by atoms with Crippen molar-refractivity contribution in [1.29, 1.82) is 0 Å². The van der Waals surface area contributed by atoms with Crippen molar-refractivity contribution in [1.82, 2.24) is 0 Å². The fourth-order valence-corrected chi connectivity index (χ4v) is 4.68. The van der Waals surface area contributed by atoms with Gasteiger partial charge in [-0.3, -0.25) is 9.59 Å². The van der Waals surface area contributed by atoms with Gasteiger partial charge in [-0.25, -0.2) is 4.79 Å². The monoisotopic (exact) mass is 458 g/mol. The molecule has 0 fully saturated rings. The second kappa shape index (κ2) is 10.2. The van der Waals surface area contributed by atoms with Crippen molar-refractivity contribution < 1.29 is 23.9 Å². The van der Waals surface area contributed by atoms with Crippen LogP contribution in [0.2, 0.25) is 0 Å². The molecule has 0 aliphatic heterocycles. The van der Waals surface area contributed by atoms with Crippen molar-refractivity contribution >= 4 is 51.1 Å². The zero-order valence-electron chi connectivity index (χ0n) is 17.3. The lowest BCUT2D eigenvalue weighted by Crippen LogP contribution is -2.16. The summed E-state index contributed by atoms with van der Waals surface area (Å²) in [7, 11) is 1.56. The molecule has 0 aliphatic carbocycles. The normalized spacial score (nSPS) is 10.4. The number of benzene rings is 1. The number of ether oxygens (including phenoxy) is 2. The largest absolute Gasteiger partial charge is 0.497 e. The van der Waals surface area contributed by atoms with Crippen molar-refractivity contribution in [2.45, 2.75) is 20.3 Å². The summed E-state index contributed by atoms with van der Waals surface area (Å²) in [5, 5.41) is 7.77. The molecule has 0 bridgehead atoms. The number of rotatable bonds is 8. The minimum absolute atomic E-state index is 0.185. The average molecular weight is 459 g/mol. The van der Waals surface area contributed by atoms with Gasteiger partial charge in [-0.05, 0) is 55.1 Å². The highest BCUT2D eigenvalue weighted by molar-refractivity contribution is 7.19. The molecule has 9 heteroatoms. The van der Waals surface area contributed by atoms with E-state index in [1.807, 2.05) is 17.5 Å². The van der Waals surface area contributed by atoms with E-state index in [1.165, 1.54) is 11.3 Å². The van der Waals surface area contributed by atoms with Crippen molar-refractivity contribution in [3.63, 3.8) is 0 Å². The van der Waals surface area contributed by atoms with Crippen LogP contribution in [0.5, 0.6) is 5.75 Å². The maximum absolute atomic E-state index is 12.9. The van der Waals surface area contributed by atoms with E-state index < -0.39 is 5.97 Å². The number of thiophene rings is 2. The fraction of sp³-hybridized carbons (Fsp3) is 0.227. The summed E-state index contributed by atoms with van der Waals surface area (Å²) in [6.07, 6.45) is 0.185. The molecule has 1 aromatic carbocycles. The minimum Gasteiger partial charge on any atom is -0.497 e. The highest BCUT2D eigenvalue weighted by Gasteiger charge is 2.26. The van der Waals surface area contributed by atoms with Crippen LogP contribution in [-0.4, -0.2) is 31.5 Å². The first-order valence-electron chi connectivity index (χ1n) is 9.51. The second-order valence-electron chi connectivity index (χ2n) is 6.47. The zero-order valence-corrected chi connectivity index (χ0v) is 18.9. The van der Waals surface area contributed by atoms with E-state index in [2.05, 4.69) is 10.6 Å². The van der Waals surface area contributed by atoms with Crippen LogP contribution in [0.1, 0.15) is 37.4 Å². The summed E-state index contributed by atoms with van der Waals surface area (Å²) in [5.41, 5.74) is 1.24. The van der Waals surface area contributed by atoms with Gasteiger partial charge in [0.05, 0.1) is 30.6 Å². The number of hydrogen-bond acceptors (Lipinski definition) is 7. The van der Waals surface area contributed by atoms with E-state index in [9.17, 15) is 14.4 Å². The Morgan fingerprint density at radius 3 is 2.42 bits per heavy atom. The van der Waals surface area contributed by atoms with E-state index in [1.54, 1.807) is 45.2 Å². The number of carbonyl (C=O) groups excluding carboxylic acids is 3. The summed E-state index contributed by atoms with van der Waals surface area (Å²) < 4.78 is 10.3. The van der Waals surface area contributed by atoms with Gasteiger partial charge in [-0.1, -0.05) is 6.07 Å². The Labute approximate surface area is 188 Å². The molecule has 0 atom stereocenters. The number of anilines is 2. The van der Waals surface area contributed by atoms with Gasteiger partial charge in [0.25, 0.3) is 5.91 Å². The molecule has 0 radical (unpaired) electrons. The number of carbonyl (C=O) groups is 3. The molecule has 2 N–H and O–H groups in total. The molecule has 2 heterocycles. The summed E-state index contributed by atoms with van der Waals surface area (Å²) in [6, 6.07) is 10.6. The molecular weight excluding hydrogens is 436 g/mol. The van der Waals surface area contributed by atoms with Gasteiger partial charge in [-0.2, -0.15) is 0 Å². The number of hydrogen-bond donors (Lipinski definition) is 2. The number of esters is 1. The first-order chi connectivity index (χ1) is 14.9. The van der Waals surface area contributed by atoms with E-state index in [0.717, 1.165) is 16.2 Å². The maximum atomic E-state index is 12.9. The highest BCUT2D eigenvalue weighted by atomic mass is 32.1. The van der Waals surface area contributed by atoms with Crippen LogP contribution in [0.25, 0.3) is 0 Å². The predicted octanol–water partition coefficient (Wildman–Crippen LogP) is 4.74. The topological polar surface area (TPSA) is 93.7 Å². The zero-order chi connectivity index (χ0) is 22.4. The van der Waals surface area contributed by atoms with Gasteiger partial charge in [-0.15, -0.1) is 22.7 Å². The molecule has 3 rings (SSSR count). The molecule has 2 amide bonds. The number of methoxy groups -OCH3 is 1. The molecule has 0 saturated heterocycles. The molecule has 3 aromatic rings. The lowest BCUT2D eigenvalue weighted by atomic mass is 10.1. The maximum Gasteiger partial charge on any atom is 0.341 e. The summed E-state index contributed by atoms with van der Waals surface area (Å²) in [6.45, 7) is 3.55. The molecule has 0 saturated carbocycles. The molecular formula is C22H22N2O5S2. The lowest BCUT2D eigenvalue weighted by Gasteiger charge is -2.07. The van der Waals surface area contributed by atoms with Gasteiger partial charge in [0, 0.05) is 10.6 Å². The van der Waals surface area contributed by atoms with Gasteiger partial charge >= 0.3 is 5.97 Å². The van der Waals surface area contributed by atoms with Crippen LogP contribution < -0.4 is 15.4 Å². The third-order valence-electron chi connectivity index (χ3n) is 4.35. The Balaban J connectivity index is 1.85. The Morgan fingerprint density at radius 1 is 1.06 bits per heavy atom. The number of amides is 2. The van der Waals surface area contributed by atoms with Gasteiger partial charge in [0.15, 0.2) is 0 Å². The second-order valence-corrected chi connectivity index (χ2v) is 8.52. The average Bonchev–Trinajstić information content (AvgIpc) is 3.36. The van der Waals surface area contributed by atoms with E-state index in [4.69, 9.17) is 9.47 Å². The van der Waals surface area contributed by atoms with E-state index in [0.29, 0.717) is 26.9 Å². The Bertz CT molecular complexity index is 1070. The van der Waals surface area contributed by atoms with Crippen LogP contribution in [0.3, 0.4) is 0 Å². The Morgan fingerprint density at radius 2 is 1.81 bits per heavy atom. The molecule has 162 valence electrons. The summed E-state index contributed by atoms with van der Waals surface area (Å²) >= 11 is 2.53. The van der Waals surface area contributed by atoms with Crippen molar-refractivity contribution in [3.05, 3.63) is 62.7 Å². The van der Waals surface area contributed by atoms with Crippen LogP contribution in [-0.2, 0) is 16.0 Å². The Hall–Kier alpha value is -3.17. The van der Waals surface area contributed by atoms with Crippen LogP contribution >= 0.6 is 22.7 Å². The first-order valence-corrected chi connectivity index (χ1v) is 11.2. The third-order valence-corrected chi connectivity index (χ3v) is 6.43. The van der Waals surface area contributed by atoms with Crippen LogP contribution in [0, 0.1) is 6.92 Å². The van der Waals surface area contributed by atoms with Crippen molar-refractivity contribution in [2.24, 2.45) is 0 Å². The third kappa shape index (κ3) is 5.50. The van der Waals surface area contributed by atoms with Crippen molar-refractivity contribution in [2.75, 3.05) is 24.4 Å². The van der Waals surface area contributed by atoms with E-state index >= 15 is 0 Å². The molecule has 0 spiro atoms. The highest BCUT2D eigenvalue weighted by Crippen LogP contribution is 2.34. The molecule has 31 heavy (non-hydrogen) atoms.